The number of aryl methyl sites for hydroxylation is 1. The second kappa shape index (κ2) is 8.22. The molecule has 0 unspecified atom stereocenters. The van der Waals surface area contributed by atoms with Crippen LogP contribution in [0.1, 0.15) is 24.8 Å². The average Bonchev–Trinajstić information content (AvgIpc) is 3.15. The number of hydroxylamine groups is 1. The Labute approximate surface area is 165 Å². The third-order valence-electron chi connectivity index (χ3n) is 4.68. The number of aromatic nitrogens is 2. The topological polar surface area (TPSA) is 82.5 Å². The molecule has 0 radical (unpaired) electrons. The molecule has 3 heterocycles. The zero-order chi connectivity index (χ0) is 19.5. The predicted molar refractivity (Wildman–Crippen MR) is 107 cm³/mol. The van der Waals surface area contributed by atoms with Crippen LogP contribution in [0.5, 0.6) is 0 Å². The molecule has 0 aliphatic carbocycles. The van der Waals surface area contributed by atoms with E-state index in [1.165, 1.54) is 22.2 Å². The second-order valence-corrected chi connectivity index (χ2v) is 7.67. The van der Waals surface area contributed by atoms with Crippen LogP contribution in [0.25, 0.3) is 21.3 Å². The molecule has 1 N–H and O–H groups in total. The molecule has 4 rings (SSSR count). The van der Waals surface area contributed by atoms with Crippen molar-refractivity contribution in [3.05, 3.63) is 51.9 Å². The van der Waals surface area contributed by atoms with Crippen LogP contribution in [0, 0.1) is 6.92 Å². The number of thiophene rings is 1. The van der Waals surface area contributed by atoms with Crippen LogP contribution in [0.2, 0.25) is 0 Å². The molecular weight excluding hydrogens is 378 g/mol. The van der Waals surface area contributed by atoms with Crippen LogP contribution in [0.4, 0.5) is 0 Å². The van der Waals surface area contributed by atoms with Gasteiger partial charge in [0.25, 0.3) is 11.5 Å². The third-order valence-corrected chi connectivity index (χ3v) is 5.57. The quantitative estimate of drug-likeness (QED) is 0.667. The van der Waals surface area contributed by atoms with Crippen molar-refractivity contribution in [2.45, 2.75) is 39.0 Å². The number of ether oxygens (including phenoxy) is 1. The van der Waals surface area contributed by atoms with E-state index in [1.54, 1.807) is 0 Å². The molecule has 1 amide bonds. The maximum atomic E-state index is 13.0. The molecule has 1 aliphatic heterocycles. The summed E-state index contributed by atoms with van der Waals surface area (Å²) in [6.07, 6.45) is 3.71. The molecule has 28 heavy (non-hydrogen) atoms. The minimum absolute atomic E-state index is 0.169. The Morgan fingerprint density at radius 3 is 2.93 bits per heavy atom. The van der Waals surface area contributed by atoms with Gasteiger partial charge in [0.05, 0.1) is 11.7 Å². The lowest BCUT2D eigenvalue weighted by atomic mass is 10.1. The van der Waals surface area contributed by atoms with E-state index in [-0.39, 0.29) is 12.1 Å². The van der Waals surface area contributed by atoms with Crippen molar-refractivity contribution in [3.8, 4) is 11.1 Å². The van der Waals surface area contributed by atoms with Crippen molar-refractivity contribution < 1.29 is 14.4 Å². The number of amides is 1. The summed E-state index contributed by atoms with van der Waals surface area (Å²) >= 11 is 1.42. The third kappa shape index (κ3) is 3.99. The summed E-state index contributed by atoms with van der Waals surface area (Å²) in [5, 5.41) is 2.46. The number of hydrogen-bond donors (Lipinski definition) is 1. The van der Waals surface area contributed by atoms with Crippen LogP contribution in [-0.2, 0) is 20.9 Å². The van der Waals surface area contributed by atoms with Crippen molar-refractivity contribution in [3.63, 3.8) is 0 Å². The van der Waals surface area contributed by atoms with Crippen molar-refractivity contribution in [1.29, 1.82) is 0 Å². The fraction of sp³-hybridized carbons (Fsp3) is 0.350. The molecule has 1 atom stereocenters. The molecule has 8 heteroatoms. The average molecular weight is 399 g/mol. The van der Waals surface area contributed by atoms with Gasteiger partial charge in [0.2, 0.25) is 0 Å². The number of carbonyl (C=O) groups is 1. The smallest absolute Gasteiger partial charge is 0.263 e. The van der Waals surface area contributed by atoms with Gasteiger partial charge in [-0.3, -0.25) is 14.2 Å². The van der Waals surface area contributed by atoms with Gasteiger partial charge in [-0.15, -0.1) is 11.3 Å². The number of carbonyl (C=O) groups excluding carboxylic acids is 1. The van der Waals surface area contributed by atoms with Crippen LogP contribution in [0.3, 0.4) is 0 Å². The van der Waals surface area contributed by atoms with Gasteiger partial charge in [0, 0.05) is 24.0 Å². The summed E-state index contributed by atoms with van der Waals surface area (Å²) in [6.45, 7) is 2.47. The first-order valence-corrected chi connectivity index (χ1v) is 10.1. The molecule has 146 valence electrons. The van der Waals surface area contributed by atoms with E-state index in [4.69, 9.17) is 9.57 Å². The highest BCUT2D eigenvalue weighted by molar-refractivity contribution is 7.17. The van der Waals surface area contributed by atoms with Gasteiger partial charge in [0.1, 0.15) is 11.4 Å². The van der Waals surface area contributed by atoms with Gasteiger partial charge in [-0.05, 0) is 25.3 Å². The number of benzene rings is 1. The summed E-state index contributed by atoms with van der Waals surface area (Å²) in [7, 11) is 0. The maximum Gasteiger partial charge on any atom is 0.263 e. The van der Waals surface area contributed by atoms with E-state index >= 15 is 0 Å². The molecule has 0 spiro atoms. The Kier molecular flexibility index (Phi) is 5.52. The zero-order valence-electron chi connectivity index (χ0n) is 15.5. The fourth-order valence-electron chi connectivity index (χ4n) is 3.15. The second-order valence-electron chi connectivity index (χ2n) is 6.81. The van der Waals surface area contributed by atoms with Crippen LogP contribution in [0.15, 0.2) is 40.8 Å². The number of nitrogens with one attached hydrogen (secondary N) is 1. The standard InChI is InChI=1S/C20H21N3O4S/c1-13-5-7-14(8-6-13)15-11-28-19-18(15)20(25)23(12-21-19)10-16(24)22-27-17-4-2-3-9-26-17/h5-8,11-12,17H,2-4,9-10H2,1H3,(H,22,24)/t17-/m1/s1. The lowest BCUT2D eigenvalue weighted by Gasteiger charge is -2.22. The van der Waals surface area contributed by atoms with Gasteiger partial charge < -0.3 is 4.74 Å². The lowest BCUT2D eigenvalue weighted by molar-refractivity contribution is -0.200. The Hall–Kier alpha value is -2.55. The first-order valence-electron chi connectivity index (χ1n) is 9.21. The first kappa shape index (κ1) is 18.8. The van der Waals surface area contributed by atoms with E-state index in [0.717, 1.165) is 36.0 Å². The largest absolute Gasteiger partial charge is 0.350 e. The van der Waals surface area contributed by atoms with Gasteiger partial charge >= 0.3 is 0 Å². The molecule has 3 aromatic rings. The van der Waals surface area contributed by atoms with Gasteiger partial charge in [-0.2, -0.15) is 0 Å². The monoisotopic (exact) mass is 399 g/mol. The van der Waals surface area contributed by atoms with Gasteiger partial charge in [-0.1, -0.05) is 29.8 Å². The molecule has 1 aliphatic rings. The summed E-state index contributed by atoms with van der Waals surface area (Å²) in [6, 6.07) is 7.98. The highest BCUT2D eigenvalue weighted by Crippen LogP contribution is 2.30. The van der Waals surface area contributed by atoms with E-state index in [1.807, 2.05) is 36.6 Å². The molecule has 2 aromatic heterocycles. The molecular formula is C20H21N3O4S. The minimum atomic E-state index is -0.431. The summed E-state index contributed by atoms with van der Waals surface area (Å²) < 4.78 is 6.70. The molecule has 0 saturated carbocycles. The molecule has 0 bridgehead atoms. The summed E-state index contributed by atoms with van der Waals surface area (Å²) in [4.78, 5) is 35.5. The maximum absolute atomic E-state index is 13.0. The zero-order valence-corrected chi connectivity index (χ0v) is 16.3. The molecule has 1 fully saturated rings. The van der Waals surface area contributed by atoms with Crippen LogP contribution in [-0.4, -0.2) is 28.4 Å². The fourth-order valence-corrected chi connectivity index (χ4v) is 4.05. The SMILES string of the molecule is Cc1ccc(-c2csc3ncn(CC(=O)NO[C@@H]4CCCCO4)c(=O)c23)cc1. The Bertz CT molecular complexity index is 1040. The van der Waals surface area contributed by atoms with E-state index in [9.17, 15) is 9.59 Å². The van der Waals surface area contributed by atoms with E-state index < -0.39 is 12.2 Å². The number of hydrogen-bond acceptors (Lipinski definition) is 6. The van der Waals surface area contributed by atoms with Gasteiger partial charge in [-0.25, -0.2) is 15.3 Å². The van der Waals surface area contributed by atoms with E-state index in [0.29, 0.717) is 16.8 Å². The molecule has 1 saturated heterocycles. The van der Waals surface area contributed by atoms with E-state index in [2.05, 4.69) is 10.5 Å². The Morgan fingerprint density at radius 2 is 2.18 bits per heavy atom. The highest BCUT2D eigenvalue weighted by atomic mass is 32.1. The molecule has 1 aromatic carbocycles. The van der Waals surface area contributed by atoms with Crippen LogP contribution < -0.4 is 11.0 Å². The summed E-state index contributed by atoms with van der Waals surface area (Å²) in [5.41, 5.74) is 5.07. The van der Waals surface area contributed by atoms with Crippen molar-refractivity contribution in [2.75, 3.05) is 6.61 Å². The molecule has 7 nitrogen and oxygen atoms in total. The van der Waals surface area contributed by atoms with Crippen molar-refractivity contribution in [1.82, 2.24) is 15.0 Å². The Balaban J connectivity index is 1.54. The highest BCUT2D eigenvalue weighted by Gasteiger charge is 2.17. The first-order chi connectivity index (χ1) is 13.6. The van der Waals surface area contributed by atoms with Crippen molar-refractivity contribution in [2.24, 2.45) is 0 Å². The Morgan fingerprint density at radius 1 is 1.36 bits per heavy atom. The lowest BCUT2D eigenvalue weighted by Crippen LogP contribution is -2.36. The normalized spacial score (nSPS) is 17.0. The van der Waals surface area contributed by atoms with Crippen LogP contribution >= 0.6 is 11.3 Å². The van der Waals surface area contributed by atoms with Crippen molar-refractivity contribution >= 4 is 27.5 Å². The minimum Gasteiger partial charge on any atom is -0.350 e. The summed E-state index contributed by atoms with van der Waals surface area (Å²) in [5.74, 6) is -0.426. The number of fused-ring (bicyclic) bond motifs is 1. The predicted octanol–water partition coefficient (Wildman–Crippen LogP) is 3.01. The number of rotatable bonds is 5. The number of nitrogens with zero attached hydrogens (tertiary/aromatic N) is 2. The van der Waals surface area contributed by atoms with Gasteiger partial charge in [0.15, 0.2) is 6.29 Å².